The zero-order valence-corrected chi connectivity index (χ0v) is 16.2. The Labute approximate surface area is 158 Å². The molecule has 0 heterocycles. The van der Waals surface area contributed by atoms with Crippen LogP contribution in [0, 0.1) is 6.92 Å². The minimum atomic E-state index is -0.994. The second-order valence-electron chi connectivity index (χ2n) is 5.78. The molecule has 0 aliphatic rings. The molecule has 0 unspecified atom stereocenters. The first kappa shape index (κ1) is 20.2. The van der Waals surface area contributed by atoms with Gasteiger partial charge in [-0.2, -0.15) is 0 Å². The van der Waals surface area contributed by atoms with Crippen LogP contribution in [-0.2, 0) is 11.2 Å². The summed E-state index contributed by atoms with van der Waals surface area (Å²) in [7, 11) is 6.24. The van der Waals surface area contributed by atoms with E-state index in [-0.39, 0.29) is 0 Å². The quantitative estimate of drug-likeness (QED) is 0.712. The number of benzene rings is 2. The third kappa shape index (κ3) is 4.16. The predicted molar refractivity (Wildman–Crippen MR) is 103 cm³/mol. The molecule has 2 aromatic carbocycles. The fourth-order valence-electron chi connectivity index (χ4n) is 3.08. The fourth-order valence-corrected chi connectivity index (χ4v) is 3.08. The van der Waals surface area contributed by atoms with Gasteiger partial charge in [0.1, 0.15) is 0 Å². The Bertz CT molecular complexity index is 854. The second-order valence-corrected chi connectivity index (χ2v) is 5.78. The molecule has 0 aliphatic carbocycles. The molecule has 0 atom stereocenters. The number of hydrogen-bond donors (Lipinski definition) is 1. The van der Waals surface area contributed by atoms with Gasteiger partial charge in [0.05, 0.1) is 28.4 Å². The standard InChI is InChI=1S/C21H24O6/c1-13-16(12-15-9-7-6-8-14(15)10-11-17(22)23)19(25-3)21(27-5)20(26-4)18(13)24-2/h6-11H,12H2,1-5H3,(H,22,23)/b11-10+. The number of hydrogen-bond acceptors (Lipinski definition) is 5. The van der Waals surface area contributed by atoms with Crippen molar-refractivity contribution in [1.82, 2.24) is 0 Å². The van der Waals surface area contributed by atoms with Crippen molar-refractivity contribution < 1.29 is 28.8 Å². The normalized spacial score (nSPS) is 10.7. The zero-order chi connectivity index (χ0) is 20.0. The van der Waals surface area contributed by atoms with Crippen LogP contribution >= 0.6 is 0 Å². The number of ether oxygens (including phenoxy) is 4. The lowest BCUT2D eigenvalue weighted by atomic mass is 9.94. The van der Waals surface area contributed by atoms with Crippen molar-refractivity contribution in [3.8, 4) is 23.0 Å². The van der Waals surface area contributed by atoms with Gasteiger partial charge in [-0.3, -0.25) is 0 Å². The molecular weight excluding hydrogens is 348 g/mol. The lowest BCUT2D eigenvalue weighted by Gasteiger charge is -2.22. The third-order valence-corrected chi connectivity index (χ3v) is 4.33. The molecule has 6 heteroatoms. The molecule has 2 aromatic rings. The molecule has 0 spiro atoms. The predicted octanol–water partition coefficient (Wildman–Crippen LogP) is 3.72. The molecule has 6 nitrogen and oxygen atoms in total. The van der Waals surface area contributed by atoms with Gasteiger partial charge in [-0.15, -0.1) is 0 Å². The van der Waals surface area contributed by atoms with E-state index in [2.05, 4.69) is 0 Å². The van der Waals surface area contributed by atoms with Gasteiger partial charge in [0.15, 0.2) is 11.5 Å². The van der Waals surface area contributed by atoms with Gasteiger partial charge in [0.2, 0.25) is 11.5 Å². The Morgan fingerprint density at radius 2 is 1.48 bits per heavy atom. The van der Waals surface area contributed by atoms with E-state index in [1.54, 1.807) is 34.5 Å². The van der Waals surface area contributed by atoms with Crippen molar-refractivity contribution >= 4 is 12.0 Å². The summed E-state index contributed by atoms with van der Waals surface area (Å²) in [5.41, 5.74) is 3.51. The van der Waals surface area contributed by atoms with Crippen LogP contribution in [0.1, 0.15) is 22.3 Å². The average molecular weight is 372 g/mol. The number of carbonyl (C=O) groups is 1. The maximum absolute atomic E-state index is 10.9. The van der Waals surface area contributed by atoms with Gasteiger partial charge in [-0.05, 0) is 24.1 Å². The Morgan fingerprint density at radius 1 is 0.926 bits per heavy atom. The summed E-state index contributed by atoms with van der Waals surface area (Å²) < 4.78 is 22.2. The molecule has 0 radical (unpaired) electrons. The van der Waals surface area contributed by atoms with Gasteiger partial charge in [0.25, 0.3) is 0 Å². The van der Waals surface area contributed by atoms with Gasteiger partial charge in [-0.1, -0.05) is 24.3 Å². The van der Waals surface area contributed by atoms with E-state index in [0.29, 0.717) is 29.4 Å². The van der Waals surface area contributed by atoms with Gasteiger partial charge < -0.3 is 24.1 Å². The van der Waals surface area contributed by atoms with Crippen molar-refractivity contribution in [3.63, 3.8) is 0 Å². The van der Waals surface area contributed by atoms with Crippen LogP contribution in [0.15, 0.2) is 30.3 Å². The number of aliphatic carboxylic acids is 1. The van der Waals surface area contributed by atoms with E-state index >= 15 is 0 Å². The highest BCUT2D eigenvalue weighted by molar-refractivity contribution is 5.85. The van der Waals surface area contributed by atoms with Crippen molar-refractivity contribution in [3.05, 3.63) is 52.6 Å². The van der Waals surface area contributed by atoms with E-state index in [0.717, 1.165) is 28.3 Å². The molecule has 0 amide bonds. The summed E-state index contributed by atoms with van der Waals surface area (Å²) in [6.45, 7) is 1.92. The lowest BCUT2D eigenvalue weighted by Crippen LogP contribution is -2.06. The second kappa shape index (κ2) is 8.98. The largest absolute Gasteiger partial charge is 0.492 e. The van der Waals surface area contributed by atoms with Crippen LogP contribution in [0.4, 0.5) is 0 Å². The van der Waals surface area contributed by atoms with Gasteiger partial charge >= 0.3 is 5.97 Å². The Kier molecular flexibility index (Phi) is 6.71. The number of carboxylic acids is 1. The minimum Gasteiger partial charge on any atom is -0.492 e. The molecule has 0 saturated heterocycles. The molecular formula is C21H24O6. The smallest absolute Gasteiger partial charge is 0.328 e. The highest BCUT2D eigenvalue weighted by Crippen LogP contribution is 2.49. The van der Waals surface area contributed by atoms with Crippen LogP contribution in [0.25, 0.3) is 6.08 Å². The highest BCUT2D eigenvalue weighted by atomic mass is 16.5. The summed E-state index contributed by atoms with van der Waals surface area (Å²) in [4.78, 5) is 10.9. The van der Waals surface area contributed by atoms with Crippen LogP contribution in [-0.4, -0.2) is 39.5 Å². The van der Waals surface area contributed by atoms with Gasteiger partial charge in [-0.25, -0.2) is 4.79 Å². The number of rotatable bonds is 8. The average Bonchev–Trinajstić information content (AvgIpc) is 2.67. The zero-order valence-electron chi connectivity index (χ0n) is 16.2. The first-order valence-electron chi connectivity index (χ1n) is 8.32. The summed E-state index contributed by atoms with van der Waals surface area (Å²) in [5, 5.41) is 8.92. The molecule has 0 aliphatic heterocycles. The van der Waals surface area contributed by atoms with Crippen LogP contribution in [0.2, 0.25) is 0 Å². The van der Waals surface area contributed by atoms with E-state index in [1.165, 1.54) is 0 Å². The molecule has 0 fully saturated rings. The lowest BCUT2D eigenvalue weighted by molar-refractivity contribution is -0.131. The SMILES string of the molecule is COc1c(C)c(Cc2ccccc2/C=C/C(=O)O)c(OC)c(OC)c1OC. The summed E-state index contributed by atoms with van der Waals surface area (Å²) in [5.74, 6) is 1.06. The Balaban J connectivity index is 2.65. The molecule has 2 rings (SSSR count). The molecule has 0 bridgehead atoms. The van der Waals surface area contributed by atoms with E-state index < -0.39 is 5.97 Å². The fraction of sp³-hybridized carbons (Fsp3) is 0.286. The highest BCUT2D eigenvalue weighted by Gasteiger charge is 2.25. The summed E-state index contributed by atoms with van der Waals surface area (Å²) in [6.07, 6.45) is 3.21. The van der Waals surface area contributed by atoms with Crippen molar-refractivity contribution in [2.24, 2.45) is 0 Å². The van der Waals surface area contributed by atoms with Crippen molar-refractivity contribution in [1.29, 1.82) is 0 Å². The van der Waals surface area contributed by atoms with Crippen molar-refractivity contribution in [2.75, 3.05) is 28.4 Å². The first-order chi connectivity index (χ1) is 13.0. The number of methoxy groups -OCH3 is 4. The third-order valence-electron chi connectivity index (χ3n) is 4.33. The first-order valence-corrected chi connectivity index (χ1v) is 8.32. The van der Waals surface area contributed by atoms with Crippen LogP contribution in [0.3, 0.4) is 0 Å². The molecule has 1 N–H and O–H groups in total. The summed E-state index contributed by atoms with van der Waals surface area (Å²) >= 11 is 0. The summed E-state index contributed by atoms with van der Waals surface area (Å²) in [6, 6.07) is 7.59. The van der Waals surface area contributed by atoms with Crippen LogP contribution < -0.4 is 18.9 Å². The minimum absolute atomic E-state index is 0.455. The molecule has 27 heavy (non-hydrogen) atoms. The number of carboxylic acid groups (broad SMARTS) is 1. The van der Waals surface area contributed by atoms with E-state index in [1.807, 2.05) is 31.2 Å². The van der Waals surface area contributed by atoms with Gasteiger partial charge in [0, 0.05) is 23.6 Å². The van der Waals surface area contributed by atoms with E-state index in [4.69, 9.17) is 24.1 Å². The molecule has 0 saturated carbocycles. The maximum atomic E-state index is 10.9. The topological polar surface area (TPSA) is 74.2 Å². The Hall–Kier alpha value is -3.15. The Morgan fingerprint density at radius 3 is 2.04 bits per heavy atom. The maximum Gasteiger partial charge on any atom is 0.328 e. The monoisotopic (exact) mass is 372 g/mol. The molecule has 0 aromatic heterocycles. The van der Waals surface area contributed by atoms with E-state index in [9.17, 15) is 4.79 Å². The molecule has 144 valence electrons. The van der Waals surface area contributed by atoms with Crippen LogP contribution in [0.5, 0.6) is 23.0 Å². The van der Waals surface area contributed by atoms with Crippen molar-refractivity contribution in [2.45, 2.75) is 13.3 Å².